The zero-order valence-electron chi connectivity index (χ0n) is 25.8. The van der Waals surface area contributed by atoms with Crippen molar-refractivity contribution in [3.8, 4) is 11.1 Å². The van der Waals surface area contributed by atoms with E-state index in [2.05, 4.69) is 5.32 Å². The molecule has 5 aromatic carbocycles. The third-order valence-corrected chi connectivity index (χ3v) is 9.68. The number of para-hydroxylation sites is 1. The number of aromatic nitrogens is 1. The molecule has 10 nitrogen and oxygen atoms in total. The number of nitro benzene ring substituents is 1. The van der Waals surface area contributed by atoms with Crippen molar-refractivity contribution in [2.75, 3.05) is 0 Å². The highest BCUT2D eigenvalue weighted by molar-refractivity contribution is 7.90. The Hall–Kier alpha value is -5.78. The Kier molecular flexibility index (Phi) is 9.56. The number of carbonyl (C=O) groups excluding carboxylic acids is 2. The van der Waals surface area contributed by atoms with E-state index in [-0.39, 0.29) is 11.4 Å². The number of nitro groups is 1. The number of carbonyl (C=O) groups is 2. The minimum atomic E-state index is -4.57. The zero-order chi connectivity index (χ0) is 34.5. The van der Waals surface area contributed by atoms with Gasteiger partial charge in [0.2, 0.25) is 0 Å². The van der Waals surface area contributed by atoms with E-state index in [9.17, 15) is 28.1 Å². The largest absolute Gasteiger partial charge is 0.342 e. The fraction of sp³-hybridized carbons (Fsp3) is 0.0811. The van der Waals surface area contributed by atoms with Crippen LogP contribution in [0.2, 0.25) is 5.02 Å². The second-order valence-corrected chi connectivity index (χ2v) is 13.4. The van der Waals surface area contributed by atoms with Gasteiger partial charge in [-0.05, 0) is 40.5 Å². The highest BCUT2D eigenvalue weighted by Crippen LogP contribution is 2.28. The summed E-state index contributed by atoms with van der Waals surface area (Å²) in [6.45, 7) is 0.474. The molecule has 0 saturated heterocycles. The number of nitrogens with zero attached hydrogens (tertiary/aromatic N) is 2. The fourth-order valence-electron chi connectivity index (χ4n) is 5.55. The van der Waals surface area contributed by atoms with Gasteiger partial charge in [-0.25, -0.2) is 13.1 Å². The Labute approximate surface area is 287 Å². The zero-order valence-corrected chi connectivity index (χ0v) is 27.4. The molecule has 0 aliphatic rings. The summed E-state index contributed by atoms with van der Waals surface area (Å²) in [4.78, 5) is 37.4. The molecule has 2 amide bonds. The topological polar surface area (TPSA) is 140 Å². The van der Waals surface area contributed by atoms with Crippen molar-refractivity contribution in [3.05, 3.63) is 165 Å². The molecule has 0 saturated carbocycles. The van der Waals surface area contributed by atoms with Crippen LogP contribution < -0.4 is 10.0 Å². The maximum absolute atomic E-state index is 13.9. The van der Waals surface area contributed by atoms with Crippen LogP contribution in [-0.4, -0.2) is 35.8 Å². The van der Waals surface area contributed by atoms with Crippen LogP contribution in [0.5, 0.6) is 0 Å². The van der Waals surface area contributed by atoms with Gasteiger partial charge in [-0.3, -0.25) is 19.7 Å². The Morgan fingerprint density at radius 1 is 0.796 bits per heavy atom. The van der Waals surface area contributed by atoms with Gasteiger partial charge in [0.1, 0.15) is 11.1 Å². The SMILES string of the molecule is O=C(N[C@@H](Cc1ccccc1)C(=O)NS(=O)(=O)c1ccc(Cl)c([N+](=O)[O-])c1)c1cn(Cc2ccc(-c3ccccc3)cc2)c2ccccc12. The second-order valence-electron chi connectivity index (χ2n) is 11.3. The van der Waals surface area contributed by atoms with Gasteiger partial charge < -0.3 is 9.88 Å². The van der Waals surface area contributed by atoms with Gasteiger partial charge in [0, 0.05) is 36.1 Å². The van der Waals surface area contributed by atoms with Gasteiger partial charge in [-0.2, -0.15) is 0 Å². The summed E-state index contributed by atoms with van der Waals surface area (Å²) in [5, 5.41) is 14.5. The lowest BCUT2D eigenvalue weighted by Gasteiger charge is -2.19. The molecule has 1 atom stereocenters. The summed E-state index contributed by atoms with van der Waals surface area (Å²) < 4.78 is 30.3. The third kappa shape index (κ3) is 7.53. The van der Waals surface area contributed by atoms with Crippen molar-refractivity contribution in [2.24, 2.45) is 0 Å². The van der Waals surface area contributed by atoms with Gasteiger partial charge in [-0.15, -0.1) is 0 Å². The Morgan fingerprint density at radius 2 is 1.43 bits per heavy atom. The summed E-state index contributed by atoms with van der Waals surface area (Å²) in [7, 11) is -4.57. The third-order valence-electron chi connectivity index (χ3n) is 8.01. The standard InChI is InChI=1S/C37H29ClN4O6S/c38-32-20-19-29(22-35(32)42(45)46)49(47,48)40-37(44)33(21-25-9-3-1-4-10-25)39-36(43)31-24-41(34-14-8-7-13-30(31)34)23-26-15-17-28(18-16-26)27-11-5-2-6-12-27/h1-20,22,24,33H,21,23H2,(H,39,43)(H,40,44)/t33-/m0/s1. The van der Waals surface area contributed by atoms with Gasteiger partial charge in [-0.1, -0.05) is 115 Å². The summed E-state index contributed by atoms with van der Waals surface area (Å²) in [6, 6.07) is 36.0. The first-order valence-electron chi connectivity index (χ1n) is 15.2. The number of hydrogen-bond acceptors (Lipinski definition) is 6. The summed E-state index contributed by atoms with van der Waals surface area (Å²) in [5.41, 5.74) is 4.35. The normalized spacial score (nSPS) is 11.9. The Bertz CT molecular complexity index is 2280. The lowest BCUT2D eigenvalue weighted by atomic mass is 10.0. The number of halogens is 1. The molecular formula is C37H29ClN4O6S. The van der Waals surface area contributed by atoms with E-state index in [1.54, 1.807) is 36.5 Å². The predicted molar refractivity (Wildman–Crippen MR) is 188 cm³/mol. The number of fused-ring (bicyclic) bond motifs is 1. The first-order chi connectivity index (χ1) is 23.6. The highest BCUT2D eigenvalue weighted by Gasteiger charge is 2.29. The van der Waals surface area contributed by atoms with Crippen molar-refractivity contribution >= 4 is 50.0 Å². The van der Waals surface area contributed by atoms with Crippen molar-refractivity contribution in [3.63, 3.8) is 0 Å². The summed E-state index contributed by atoms with van der Waals surface area (Å²) >= 11 is 5.85. The maximum atomic E-state index is 13.9. The fourth-order valence-corrected chi connectivity index (χ4v) is 6.77. The molecule has 6 aromatic rings. The molecule has 1 heterocycles. The van der Waals surface area contributed by atoms with Gasteiger partial charge in [0.05, 0.1) is 15.4 Å². The molecule has 49 heavy (non-hydrogen) atoms. The number of amides is 2. The van der Waals surface area contributed by atoms with E-state index in [1.165, 1.54) is 0 Å². The van der Waals surface area contributed by atoms with Crippen LogP contribution >= 0.6 is 11.6 Å². The molecule has 12 heteroatoms. The van der Waals surface area contributed by atoms with Gasteiger partial charge in [0.25, 0.3) is 27.5 Å². The van der Waals surface area contributed by atoms with E-state index in [1.807, 2.05) is 88.2 Å². The van der Waals surface area contributed by atoms with E-state index in [0.29, 0.717) is 23.1 Å². The lowest BCUT2D eigenvalue weighted by molar-refractivity contribution is -0.384. The van der Waals surface area contributed by atoms with Crippen LogP contribution in [0.4, 0.5) is 5.69 Å². The quantitative estimate of drug-likeness (QED) is 0.114. The molecule has 0 spiro atoms. The molecule has 0 fully saturated rings. The predicted octanol–water partition coefficient (Wildman–Crippen LogP) is 6.76. The average Bonchev–Trinajstić information content (AvgIpc) is 3.47. The summed E-state index contributed by atoms with van der Waals surface area (Å²) in [5.74, 6) is -1.60. The van der Waals surface area contributed by atoms with Crippen LogP contribution in [0.25, 0.3) is 22.0 Å². The van der Waals surface area contributed by atoms with Crippen LogP contribution in [0.1, 0.15) is 21.5 Å². The van der Waals surface area contributed by atoms with Crippen LogP contribution in [0, 0.1) is 10.1 Å². The van der Waals surface area contributed by atoms with Crippen LogP contribution in [0.3, 0.4) is 0 Å². The molecular weight excluding hydrogens is 664 g/mol. The number of hydrogen-bond donors (Lipinski definition) is 2. The molecule has 1 aromatic heterocycles. The molecule has 246 valence electrons. The molecule has 2 N–H and O–H groups in total. The first kappa shape index (κ1) is 33.1. The number of rotatable bonds is 11. The molecule has 0 bridgehead atoms. The number of sulfonamides is 1. The van der Waals surface area contributed by atoms with Crippen molar-refractivity contribution < 1.29 is 22.9 Å². The van der Waals surface area contributed by atoms with Gasteiger partial charge >= 0.3 is 0 Å². The van der Waals surface area contributed by atoms with E-state index >= 15 is 0 Å². The van der Waals surface area contributed by atoms with Crippen molar-refractivity contribution in [1.29, 1.82) is 0 Å². The molecule has 0 unspecified atom stereocenters. The lowest BCUT2D eigenvalue weighted by Crippen LogP contribution is -2.49. The minimum absolute atomic E-state index is 0.0267. The smallest absolute Gasteiger partial charge is 0.289 e. The maximum Gasteiger partial charge on any atom is 0.289 e. The number of benzene rings is 5. The molecule has 0 aliphatic carbocycles. The molecule has 0 radical (unpaired) electrons. The van der Waals surface area contributed by atoms with Crippen LogP contribution in [0.15, 0.2) is 138 Å². The first-order valence-corrected chi connectivity index (χ1v) is 17.0. The number of nitrogens with one attached hydrogen (secondary N) is 2. The average molecular weight is 693 g/mol. The highest BCUT2D eigenvalue weighted by atomic mass is 35.5. The molecule has 6 rings (SSSR count). The minimum Gasteiger partial charge on any atom is -0.342 e. The summed E-state index contributed by atoms with van der Waals surface area (Å²) in [6.07, 6.45) is 1.69. The monoisotopic (exact) mass is 692 g/mol. The Balaban J connectivity index is 1.26. The second kappa shape index (κ2) is 14.1. The van der Waals surface area contributed by atoms with Crippen molar-refractivity contribution in [2.45, 2.75) is 23.9 Å². The van der Waals surface area contributed by atoms with E-state index < -0.39 is 43.4 Å². The van der Waals surface area contributed by atoms with E-state index in [4.69, 9.17) is 11.6 Å². The van der Waals surface area contributed by atoms with Crippen molar-refractivity contribution in [1.82, 2.24) is 14.6 Å². The Morgan fingerprint density at radius 3 is 2.12 bits per heavy atom. The van der Waals surface area contributed by atoms with Gasteiger partial charge in [0.15, 0.2) is 0 Å². The van der Waals surface area contributed by atoms with Crippen LogP contribution in [-0.2, 0) is 27.8 Å². The van der Waals surface area contributed by atoms with E-state index in [0.717, 1.165) is 40.4 Å². The molecule has 0 aliphatic heterocycles.